The highest BCUT2D eigenvalue weighted by molar-refractivity contribution is 7.90. The Balaban J connectivity index is 1.50. The molecule has 1 saturated heterocycles. The highest BCUT2D eigenvalue weighted by Gasteiger charge is 2.22. The highest BCUT2D eigenvalue weighted by atomic mass is 32.2. The molecule has 210 valence electrons. The van der Waals surface area contributed by atoms with Crippen molar-refractivity contribution in [3.05, 3.63) is 71.8 Å². The topological polar surface area (TPSA) is 106 Å². The van der Waals surface area contributed by atoms with Crippen molar-refractivity contribution in [3.63, 3.8) is 0 Å². The normalized spacial score (nSPS) is 15.9. The van der Waals surface area contributed by atoms with Crippen molar-refractivity contribution in [2.24, 2.45) is 5.92 Å². The van der Waals surface area contributed by atoms with E-state index in [-0.39, 0.29) is 29.0 Å². The summed E-state index contributed by atoms with van der Waals surface area (Å²) in [5, 5.41) is 7.90. The first-order chi connectivity index (χ1) is 19.2. The standard InChI is InChI=1S/C30H34FN5O3S/c1-19(2)17-40(37,38)18-25-22-9-8-20(3)28(23(22)10-11-26(25)31)39-29-24(7-5-14-33-29)27-12-15-34-30(36-27)35-21-6-4-13-32-16-21/h5,7-12,14-15,19,21,32H,4,6,13,16-18H2,1-3H3,(H,34,35,36)/t21-/m0/s1. The number of sulfone groups is 1. The van der Waals surface area contributed by atoms with E-state index in [1.165, 1.54) is 6.07 Å². The van der Waals surface area contributed by atoms with Gasteiger partial charge in [-0.15, -0.1) is 0 Å². The molecule has 0 saturated carbocycles. The van der Waals surface area contributed by atoms with Crippen LogP contribution in [0, 0.1) is 18.7 Å². The minimum atomic E-state index is -3.50. The van der Waals surface area contributed by atoms with E-state index < -0.39 is 15.7 Å². The van der Waals surface area contributed by atoms with Gasteiger partial charge < -0.3 is 15.4 Å². The lowest BCUT2D eigenvalue weighted by Gasteiger charge is -2.23. The van der Waals surface area contributed by atoms with E-state index in [2.05, 4.69) is 20.6 Å². The molecule has 0 spiro atoms. The Kier molecular flexibility index (Phi) is 8.27. The first kappa shape index (κ1) is 27.9. The zero-order valence-electron chi connectivity index (χ0n) is 22.9. The van der Waals surface area contributed by atoms with Crippen molar-refractivity contribution < 1.29 is 17.5 Å². The molecule has 4 aromatic rings. The summed E-state index contributed by atoms with van der Waals surface area (Å²) in [5.41, 5.74) is 2.27. The van der Waals surface area contributed by atoms with Crippen molar-refractivity contribution in [1.29, 1.82) is 0 Å². The van der Waals surface area contributed by atoms with Crippen LogP contribution in [0.25, 0.3) is 22.0 Å². The molecule has 1 aliphatic rings. The second kappa shape index (κ2) is 11.9. The minimum Gasteiger partial charge on any atom is -0.437 e. The van der Waals surface area contributed by atoms with Crippen LogP contribution >= 0.6 is 0 Å². The largest absolute Gasteiger partial charge is 0.437 e. The van der Waals surface area contributed by atoms with Crippen LogP contribution in [0.1, 0.15) is 37.8 Å². The average molecular weight is 564 g/mol. The zero-order chi connectivity index (χ0) is 28.3. The van der Waals surface area contributed by atoms with E-state index in [4.69, 9.17) is 9.72 Å². The van der Waals surface area contributed by atoms with E-state index in [1.54, 1.807) is 30.6 Å². The van der Waals surface area contributed by atoms with E-state index in [0.29, 0.717) is 39.6 Å². The van der Waals surface area contributed by atoms with Crippen LogP contribution in [0.15, 0.2) is 54.9 Å². The molecule has 8 nitrogen and oxygen atoms in total. The summed E-state index contributed by atoms with van der Waals surface area (Å²) in [4.78, 5) is 13.6. The third-order valence-corrected chi connectivity index (χ3v) is 8.79. The summed E-state index contributed by atoms with van der Waals surface area (Å²) in [5.74, 6) is 0.360. The summed E-state index contributed by atoms with van der Waals surface area (Å²) >= 11 is 0. The zero-order valence-corrected chi connectivity index (χ0v) is 23.8. The fourth-order valence-electron chi connectivity index (χ4n) is 5.09. The molecule has 1 atom stereocenters. The molecule has 0 aliphatic carbocycles. The van der Waals surface area contributed by atoms with Gasteiger partial charge in [0, 0.05) is 35.9 Å². The molecule has 2 N–H and O–H groups in total. The molecule has 0 bridgehead atoms. The maximum atomic E-state index is 15.0. The third-order valence-electron chi connectivity index (χ3n) is 6.89. The lowest BCUT2D eigenvalue weighted by atomic mass is 10.0. The second-order valence-electron chi connectivity index (χ2n) is 10.7. The Labute approximate surface area is 234 Å². The van der Waals surface area contributed by atoms with Crippen LogP contribution in [-0.4, -0.2) is 48.3 Å². The van der Waals surface area contributed by atoms with Crippen LogP contribution in [0.5, 0.6) is 11.6 Å². The number of nitrogens with one attached hydrogen (secondary N) is 2. The van der Waals surface area contributed by atoms with Gasteiger partial charge in [0.2, 0.25) is 11.8 Å². The van der Waals surface area contributed by atoms with Gasteiger partial charge in [0.25, 0.3) is 0 Å². The number of ether oxygens (including phenoxy) is 1. The van der Waals surface area contributed by atoms with Gasteiger partial charge in [0.15, 0.2) is 9.84 Å². The Morgan fingerprint density at radius 2 is 1.93 bits per heavy atom. The van der Waals surface area contributed by atoms with E-state index in [9.17, 15) is 12.8 Å². The van der Waals surface area contributed by atoms with Crippen LogP contribution in [0.3, 0.4) is 0 Å². The number of benzene rings is 2. The predicted octanol–water partition coefficient (Wildman–Crippen LogP) is 5.67. The molecule has 0 amide bonds. The Morgan fingerprint density at radius 1 is 1.10 bits per heavy atom. The first-order valence-corrected chi connectivity index (χ1v) is 15.4. The van der Waals surface area contributed by atoms with Gasteiger partial charge in [-0.2, -0.15) is 0 Å². The Hall–Kier alpha value is -3.63. The lowest BCUT2D eigenvalue weighted by molar-refractivity contribution is 0.466. The van der Waals surface area contributed by atoms with Gasteiger partial charge in [0.1, 0.15) is 11.6 Å². The molecular weight excluding hydrogens is 529 g/mol. The van der Waals surface area contributed by atoms with Crippen LogP contribution in [-0.2, 0) is 15.6 Å². The van der Waals surface area contributed by atoms with Gasteiger partial charge in [-0.05, 0) is 73.5 Å². The molecule has 0 unspecified atom stereocenters. The SMILES string of the molecule is Cc1ccc2c(CS(=O)(=O)CC(C)C)c(F)ccc2c1Oc1ncccc1-c1ccnc(N[C@H]2CCCNC2)n1. The summed E-state index contributed by atoms with van der Waals surface area (Å²) in [6.07, 6.45) is 5.48. The van der Waals surface area contributed by atoms with Gasteiger partial charge in [-0.1, -0.05) is 26.0 Å². The van der Waals surface area contributed by atoms with Crippen molar-refractivity contribution >= 4 is 26.6 Å². The van der Waals surface area contributed by atoms with Crippen molar-refractivity contribution in [3.8, 4) is 22.9 Å². The number of piperidine rings is 1. The van der Waals surface area contributed by atoms with Crippen molar-refractivity contribution in [2.45, 2.75) is 45.4 Å². The predicted molar refractivity (Wildman–Crippen MR) is 156 cm³/mol. The van der Waals surface area contributed by atoms with E-state index >= 15 is 0 Å². The van der Waals surface area contributed by atoms with E-state index in [0.717, 1.165) is 31.5 Å². The monoisotopic (exact) mass is 563 g/mol. The maximum absolute atomic E-state index is 15.0. The summed E-state index contributed by atoms with van der Waals surface area (Å²) in [6.45, 7) is 7.43. The van der Waals surface area contributed by atoms with Crippen LogP contribution in [0.2, 0.25) is 0 Å². The third kappa shape index (κ3) is 6.39. The smallest absolute Gasteiger partial charge is 0.228 e. The molecule has 3 heterocycles. The number of hydrogen-bond donors (Lipinski definition) is 2. The molecule has 40 heavy (non-hydrogen) atoms. The van der Waals surface area contributed by atoms with Crippen LogP contribution in [0.4, 0.5) is 10.3 Å². The maximum Gasteiger partial charge on any atom is 0.228 e. The van der Waals surface area contributed by atoms with Gasteiger partial charge >= 0.3 is 0 Å². The van der Waals surface area contributed by atoms with Gasteiger partial charge in [-0.25, -0.2) is 27.8 Å². The number of halogens is 1. The molecule has 1 aliphatic heterocycles. The summed E-state index contributed by atoms with van der Waals surface area (Å²) < 4.78 is 47.0. The fourth-order valence-corrected chi connectivity index (χ4v) is 6.96. The number of pyridine rings is 1. The second-order valence-corrected chi connectivity index (χ2v) is 12.8. The molecule has 0 radical (unpaired) electrons. The molecule has 5 rings (SSSR count). The Morgan fingerprint density at radius 3 is 2.70 bits per heavy atom. The highest BCUT2D eigenvalue weighted by Crippen LogP contribution is 2.38. The van der Waals surface area contributed by atoms with Gasteiger partial charge in [-0.3, -0.25) is 0 Å². The quantitative estimate of drug-likeness (QED) is 0.269. The number of aryl methyl sites for hydroxylation is 1. The number of anilines is 1. The molecule has 2 aromatic heterocycles. The van der Waals surface area contributed by atoms with Crippen molar-refractivity contribution in [2.75, 3.05) is 24.2 Å². The average Bonchev–Trinajstić information content (AvgIpc) is 2.92. The van der Waals surface area contributed by atoms with Crippen LogP contribution < -0.4 is 15.4 Å². The summed E-state index contributed by atoms with van der Waals surface area (Å²) in [6, 6.07) is 12.2. The first-order valence-electron chi connectivity index (χ1n) is 13.5. The molecule has 1 fully saturated rings. The number of rotatable bonds is 9. The number of nitrogens with zero attached hydrogens (tertiary/aromatic N) is 3. The fraction of sp³-hybridized carbons (Fsp3) is 0.367. The van der Waals surface area contributed by atoms with Crippen molar-refractivity contribution in [1.82, 2.24) is 20.3 Å². The summed E-state index contributed by atoms with van der Waals surface area (Å²) in [7, 11) is -3.50. The van der Waals surface area contributed by atoms with E-state index in [1.807, 2.05) is 39.0 Å². The number of aromatic nitrogens is 3. The Bertz CT molecular complexity index is 1620. The number of fused-ring (bicyclic) bond motifs is 1. The van der Waals surface area contributed by atoms with Gasteiger partial charge in [0.05, 0.1) is 22.8 Å². The molecule has 2 aromatic carbocycles. The molecular formula is C30H34FN5O3S. The number of hydrogen-bond acceptors (Lipinski definition) is 8. The minimum absolute atomic E-state index is 0.0115. The molecule has 10 heteroatoms. The lowest BCUT2D eigenvalue weighted by Crippen LogP contribution is -2.38.